The minimum Gasteiger partial charge on any atom is -0.497 e. The van der Waals surface area contributed by atoms with Crippen LogP contribution < -0.4 is 9.46 Å². The van der Waals surface area contributed by atoms with Gasteiger partial charge < -0.3 is 14.2 Å². The van der Waals surface area contributed by atoms with Crippen LogP contribution in [0.25, 0.3) is 11.1 Å². The van der Waals surface area contributed by atoms with E-state index < -0.39 is 10.0 Å². The number of benzene rings is 3. The molecule has 1 N–H and O–H groups in total. The fourth-order valence-electron chi connectivity index (χ4n) is 3.90. The summed E-state index contributed by atoms with van der Waals surface area (Å²) in [6.07, 6.45) is 1.93. The third-order valence-corrected chi connectivity index (χ3v) is 7.20. The molecule has 5 rings (SSSR count). The molecule has 37 heavy (non-hydrogen) atoms. The average Bonchev–Trinajstić information content (AvgIpc) is 3.41. The molecule has 4 aromatic rings. The van der Waals surface area contributed by atoms with Crippen molar-refractivity contribution in [2.24, 2.45) is 0 Å². The number of fused-ring (bicyclic) bond motifs is 1. The molecule has 0 atom stereocenters. The lowest BCUT2D eigenvalue weighted by molar-refractivity contribution is -0.129. The summed E-state index contributed by atoms with van der Waals surface area (Å²) in [4.78, 5) is 13.3. The summed E-state index contributed by atoms with van der Waals surface area (Å²) in [6, 6.07) is 20.4. The van der Waals surface area contributed by atoms with Crippen molar-refractivity contribution < 1.29 is 26.9 Å². The number of hydrogen-bond acceptors (Lipinski definition) is 6. The van der Waals surface area contributed by atoms with Crippen molar-refractivity contribution in [1.82, 2.24) is 10.1 Å². The van der Waals surface area contributed by atoms with E-state index in [0.29, 0.717) is 19.5 Å². The first kappa shape index (κ1) is 25.9. The van der Waals surface area contributed by atoms with E-state index in [1.807, 2.05) is 30.3 Å². The number of sulfonamides is 1. The molecule has 10 heteroatoms. The Morgan fingerprint density at radius 3 is 2.46 bits per heavy atom. The maximum atomic E-state index is 13.0. The Morgan fingerprint density at radius 2 is 1.78 bits per heavy atom. The number of carbonyl (C=O) groups excluding carboxylic acids is 1. The van der Waals surface area contributed by atoms with Crippen molar-refractivity contribution >= 4 is 21.7 Å². The highest BCUT2D eigenvalue weighted by atomic mass is 32.2. The molecule has 1 amide bonds. The van der Waals surface area contributed by atoms with E-state index >= 15 is 0 Å². The van der Waals surface area contributed by atoms with Crippen molar-refractivity contribution in [2.45, 2.75) is 24.8 Å². The number of anilines is 1. The summed E-state index contributed by atoms with van der Waals surface area (Å²) < 4.78 is 49.7. The lowest BCUT2D eigenvalue weighted by Crippen LogP contribution is -2.34. The van der Waals surface area contributed by atoms with E-state index in [0.717, 1.165) is 28.0 Å². The third-order valence-electron chi connectivity index (χ3n) is 5.85. The zero-order valence-electron chi connectivity index (χ0n) is 20.3. The maximum Gasteiger partial charge on any atom is 0.263 e. The lowest BCUT2D eigenvalue weighted by Gasteiger charge is -2.28. The molecule has 0 saturated heterocycles. The first-order valence-corrected chi connectivity index (χ1v) is 12.9. The summed E-state index contributed by atoms with van der Waals surface area (Å²) >= 11 is 0. The Hall–Kier alpha value is -4.18. The van der Waals surface area contributed by atoms with E-state index in [-0.39, 0.29) is 22.4 Å². The first-order valence-electron chi connectivity index (χ1n) is 11.5. The molecule has 0 bridgehead atoms. The summed E-state index contributed by atoms with van der Waals surface area (Å²) in [7, 11) is -2.08. The molecule has 0 radical (unpaired) electrons. The number of methoxy groups -OCH3 is 1. The van der Waals surface area contributed by atoms with Crippen LogP contribution in [0.3, 0.4) is 0 Å². The second kappa shape index (κ2) is 11.3. The van der Waals surface area contributed by atoms with Crippen molar-refractivity contribution in [3.05, 3.63) is 96.0 Å². The predicted molar refractivity (Wildman–Crippen MR) is 137 cm³/mol. The van der Waals surface area contributed by atoms with Crippen LogP contribution in [-0.4, -0.2) is 38.0 Å². The highest BCUT2D eigenvalue weighted by Gasteiger charge is 2.22. The zero-order chi connectivity index (χ0) is 26.4. The van der Waals surface area contributed by atoms with Gasteiger partial charge in [0.2, 0.25) is 5.91 Å². The monoisotopic (exact) mass is 523 g/mol. The van der Waals surface area contributed by atoms with Crippen molar-refractivity contribution in [3.8, 4) is 16.9 Å². The van der Waals surface area contributed by atoms with Crippen LogP contribution in [0.4, 0.5) is 10.2 Å². The molecular formula is C27H26FN3O5S. The standard InChI is InChI=1S/C14H15N3O4S.C13H11FO/c1-10(18)17-6-4-11-8-13(3-2-12(11)9-17)22(19,20)16-14-5-7-21-15-14;1-15-13-7-3-5-11(9-13)10-4-2-6-12(14)8-10/h2-3,5,7-8H,4,6,9H2,1H3,(H,15,16);2-9H,1H3. The van der Waals surface area contributed by atoms with Gasteiger partial charge in [-0.3, -0.25) is 9.52 Å². The number of halogens is 1. The highest BCUT2D eigenvalue weighted by molar-refractivity contribution is 7.92. The summed E-state index contributed by atoms with van der Waals surface area (Å²) in [5.41, 5.74) is 3.73. The van der Waals surface area contributed by atoms with Gasteiger partial charge in [-0.1, -0.05) is 35.5 Å². The second-order valence-corrected chi connectivity index (χ2v) is 10.0. The molecule has 0 unspecified atom stereocenters. The summed E-state index contributed by atoms with van der Waals surface area (Å²) in [6.45, 7) is 2.65. The molecule has 192 valence electrons. The van der Waals surface area contributed by atoms with E-state index in [4.69, 9.17) is 4.74 Å². The molecule has 0 fully saturated rings. The maximum absolute atomic E-state index is 13.0. The van der Waals surface area contributed by atoms with E-state index in [1.165, 1.54) is 37.5 Å². The zero-order valence-corrected chi connectivity index (χ0v) is 21.2. The highest BCUT2D eigenvalue weighted by Crippen LogP contribution is 2.25. The lowest BCUT2D eigenvalue weighted by atomic mass is 10.00. The van der Waals surface area contributed by atoms with Crippen LogP contribution >= 0.6 is 0 Å². The summed E-state index contributed by atoms with van der Waals surface area (Å²) in [5, 5.41) is 3.53. The molecule has 0 saturated carbocycles. The third kappa shape index (κ3) is 6.53. The topological polar surface area (TPSA) is 102 Å². The molecule has 1 aromatic heterocycles. The fraction of sp³-hybridized carbons (Fsp3) is 0.185. The number of amides is 1. The molecule has 0 aliphatic carbocycles. The van der Waals surface area contributed by atoms with Crippen LogP contribution in [0, 0.1) is 5.82 Å². The van der Waals surface area contributed by atoms with Gasteiger partial charge in [-0.25, -0.2) is 12.8 Å². The smallest absolute Gasteiger partial charge is 0.263 e. The SMILES string of the molecule is CC(=O)N1CCc2cc(S(=O)(=O)Nc3ccon3)ccc2C1.COc1cccc(-c2cccc(F)c2)c1. The van der Waals surface area contributed by atoms with Crippen molar-refractivity contribution in [3.63, 3.8) is 0 Å². The molecule has 0 spiro atoms. The Balaban J connectivity index is 0.000000186. The quantitative estimate of drug-likeness (QED) is 0.400. The Morgan fingerprint density at radius 1 is 1.03 bits per heavy atom. The normalized spacial score (nSPS) is 12.7. The molecule has 2 heterocycles. The fourth-order valence-corrected chi connectivity index (χ4v) is 4.94. The number of hydrogen-bond donors (Lipinski definition) is 1. The number of aromatic nitrogens is 1. The second-order valence-electron chi connectivity index (χ2n) is 8.35. The molecule has 8 nitrogen and oxygen atoms in total. The molecule has 3 aromatic carbocycles. The molecule has 1 aliphatic heterocycles. The van der Waals surface area contributed by atoms with Gasteiger partial charge in [0.15, 0.2) is 5.82 Å². The first-order chi connectivity index (χ1) is 17.7. The predicted octanol–water partition coefficient (Wildman–Crippen LogP) is 4.88. The molecule has 1 aliphatic rings. The van der Waals surface area contributed by atoms with Crippen LogP contribution in [-0.2, 0) is 27.8 Å². The number of nitrogens with one attached hydrogen (secondary N) is 1. The number of rotatable bonds is 5. The number of nitrogens with zero attached hydrogens (tertiary/aromatic N) is 2. The van der Waals surface area contributed by atoms with Gasteiger partial charge in [-0.05, 0) is 65.1 Å². The van der Waals surface area contributed by atoms with E-state index in [2.05, 4.69) is 14.4 Å². The van der Waals surface area contributed by atoms with Gasteiger partial charge in [-0.15, -0.1) is 0 Å². The van der Waals surface area contributed by atoms with Crippen LogP contribution in [0.1, 0.15) is 18.1 Å². The Labute approximate surface area is 214 Å². The Bertz CT molecular complexity index is 1490. The van der Waals surface area contributed by atoms with E-state index in [9.17, 15) is 17.6 Å². The largest absolute Gasteiger partial charge is 0.497 e. The molecular weight excluding hydrogens is 497 g/mol. The van der Waals surface area contributed by atoms with Crippen LogP contribution in [0.15, 0.2) is 88.5 Å². The number of carbonyl (C=O) groups is 1. The van der Waals surface area contributed by atoms with Crippen LogP contribution in [0.5, 0.6) is 5.75 Å². The average molecular weight is 524 g/mol. The van der Waals surface area contributed by atoms with E-state index in [1.54, 1.807) is 30.2 Å². The minimum absolute atomic E-state index is 0.0232. The minimum atomic E-state index is -3.70. The van der Waals surface area contributed by atoms with Gasteiger partial charge in [0.25, 0.3) is 10.0 Å². The van der Waals surface area contributed by atoms with Crippen LogP contribution in [0.2, 0.25) is 0 Å². The van der Waals surface area contributed by atoms with Gasteiger partial charge in [0.1, 0.15) is 17.8 Å². The number of ether oxygens (including phenoxy) is 1. The van der Waals surface area contributed by atoms with Gasteiger partial charge >= 0.3 is 0 Å². The van der Waals surface area contributed by atoms with Gasteiger partial charge in [0.05, 0.1) is 12.0 Å². The van der Waals surface area contributed by atoms with Crippen molar-refractivity contribution in [1.29, 1.82) is 0 Å². The van der Waals surface area contributed by atoms with Gasteiger partial charge in [-0.2, -0.15) is 0 Å². The Kier molecular flexibility index (Phi) is 7.88. The summed E-state index contributed by atoms with van der Waals surface area (Å²) in [5.74, 6) is 0.711. The van der Waals surface area contributed by atoms with Gasteiger partial charge in [0, 0.05) is 26.1 Å². The van der Waals surface area contributed by atoms with Crippen molar-refractivity contribution in [2.75, 3.05) is 18.4 Å².